The summed E-state index contributed by atoms with van der Waals surface area (Å²) in [6.45, 7) is 16.7. The summed E-state index contributed by atoms with van der Waals surface area (Å²) in [5, 5.41) is 0.272. The summed E-state index contributed by atoms with van der Waals surface area (Å²) in [5.41, 5.74) is 1.20. The molecule has 0 fully saturated rings. The van der Waals surface area contributed by atoms with E-state index in [0.717, 1.165) is 19.4 Å². The molecule has 0 aliphatic heterocycles. The molecule has 0 bridgehead atoms. The zero-order valence-corrected chi connectivity index (χ0v) is 15.9. The van der Waals surface area contributed by atoms with E-state index in [0.29, 0.717) is 6.61 Å². The molecule has 0 saturated heterocycles. The fourth-order valence-corrected chi connectivity index (χ4v) is 2.96. The third kappa shape index (κ3) is 6.47. The maximum atomic E-state index is 6.20. The van der Waals surface area contributed by atoms with Gasteiger partial charge in [0.25, 0.3) is 0 Å². The van der Waals surface area contributed by atoms with Crippen molar-refractivity contribution >= 4 is 8.32 Å². The van der Waals surface area contributed by atoms with E-state index in [1.165, 1.54) is 5.56 Å². The van der Waals surface area contributed by atoms with Crippen LogP contribution in [-0.4, -0.2) is 21.0 Å². The van der Waals surface area contributed by atoms with Gasteiger partial charge in [0.2, 0.25) is 0 Å². The molecule has 0 radical (unpaired) electrons. The lowest BCUT2D eigenvalue weighted by molar-refractivity contribution is 0.0622. The van der Waals surface area contributed by atoms with Crippen LogP contribution in [0.3, 0.4) is 0 Å². The van der Waals surface area contributed by atoms with E-state index < -0.39 is 8.32 Å². The van der Waals surface area contributed by atoms with Gasteiger partial charge in [-0.15, -0.1) is 6.58 Å². The Labute approximate surface area is 137 Å². The Bertz CT molecular complexity index is 434. The maximum absolute atomic E-state index is 6.20. The van der Waals surface area contributed by atoms with E-state index in [4.69, 9.17) is 9.16 Å². The Morgan fingerprint density at radius 2 is 1.82 bits per heavy atom. The van der Waals surface area contributed by atoms with Crippen LogP contribution in [0.15, 0.2) is 43.0 Å². The molecule has 0 heterocycles. The summed E-state index contributed by atoms with van der Waals surface area (Å²) < 4.78 is 12.1. The van der Waals surface area contributed by atoms with Crippen LogP contribution in [0.25, 0.3) is 0 Å². The van der Waals surface area contributed by atoms with E-state index in [1.54, 1.807) is 0 Å². The molecule has 3 heteroatoms. The third-order valence-corrected chi connectivity index (χ3v) is 9.01. The van der Waals surface area contributed by atoms with Crippen LogP contribution < -0.4 is 0 Å². The monoisotopic (exact) mass is 320 g/mol. The molecule has 1 aromatic carbocycles. The molecule has 1 unspecified atom stereocenters. The van der Waals surface area contributed by atoms with Crippen molar-refractivity contribution in [1.29, 1.82) is 0 Å². The third-order valence-electron chi connectivity index (χ3n) is 4.47. The van der Waals surface area contributed by atoms with Gasteiger partial charge < -0.3 is 9.16 Å². The first-order valence-corrected chi connectivity index (χ1v) is 11.1. The molecular formula is C19H32O2Si. The Kier molecular flexibility index (Phi) is 7.53. The second-order valence-corrected chi connectivity index (χ2v) is 12.1. The summed E-state index contributed by atoms with van der Waals surface area (Å²) in [6.07, 6.45) is 3.97. The second-order valence-electron chi connectivity index (χ2n) is 7.32. The number of hydrogen-bond acceptors (Lipinski definition) is 2. The van der Waals surface area contributed by atoms with Crippen molar-refractivity contribution in [1.82, 2.24) is 0 Å². The zero-order valence-electron chi connectivity index (χ0n) is 14.9. The lowest BCUT2D eigenvalue weighted by atomic mass is 10.2. The highest BCUT2D eigenvalue weighted by atomic mass is 28.4. The summed E-state index contributed by atoms with van der Waals surface area (Å²) in [7, 11) is -1.62. The van der Waals surface area contributed by atoms with E-state index in [9.17, 15) is 0 Å². The van der Waals surface area contributed by atoms with Crippen molar-refractivity contribution in [3.63, 3.8) is 0 Å². The maximum Gasteiger partial charge on any atom is 0.191 e. The van der Waals surface area contributed by atoms with Crippen molar-refractivity contribution in [3.05, 3.63) is 48.6 Å². The fourth-order valence-electron chi connectivity index (χ4n) is 1.88. The highest BCUT2D eigenvalue weighted by Crippen LogP contribution is 2.36. The molecule has 0 aromatic heterocycles. The predicted molar refractivity (Wildman–Crippen MR) is 97.6 cm³/mol. The molecule has 0 aliphatic rings. The zero-order chi connectivity index (χ0) is 16.6. The van der Waals surface area contributed by atoms with Crippen molar-refractivity contribution in [2.24, 2.45) is 0 Å². The molecule has 2 nitrogen and oxygen atoms in total. The van der Waals surface area contributed by atoms with Crippen molar-refractivity contribution in [2.45, 2.75) is 64.5 Å². The number of benzene rings is 1. The van der Waals surface area contributed by atoms with Gasteiger partial charge in [-0.3, -0.25) is 0 Å². The van der Waals surface area contributed by atoms with Crippen LogP contribution in [0, 0.1) is 0 Å². The highest BCUT2D eigenvalue weighted by Gasteiger charge is 2.36. The lowest BCUT2D eigenvalue weighted by Crippen LogP contribution is -2.41. The first kappa shape index (κ1) is 19.1. The van der Waals surface area contributed by atoms with Gasteiger partial charge >= 0.3 is 0 Å². The predicted octanol–water partition coefficient (Wildman–Crippen LogP) is 5.56. The van der Waals surface area contributed by atoms with Gasteiger partial charge in [0.1, 0.15) is 0 Å². The van der Waals surface area contributed by atoms with Crippen LogP contribution >= 0.6 is 0 Å². The van der Waals surface area contributed by atoms with Crippen molar-refractivity contribution in [2.75, 3.05) is 6.61 Å². The van der Waals surface area contributed by atoms with Gasteiger partial charge in [0.15, 0.2) is 8.32 Å². The molecule has 0 N–H and O–H groups in total. The van der Waals surface area contributed by atoms with Crippen molar-refractivity contribution < 1.29 is 9.16 Å². The number of ether oxygens (including phenoxy) is 1. The van der Waals surface area contributed by atoms with Gasteiger partial charge in [-0.25, -0.2) is 0 Å². The minimum Gasteiger partial charge on any atom is -0.417 e. The minimum atomic E-state index is -1.62. The molecular weight excluding hydrogens is 288 g/mol. The van der Waals surface area contributed by atoms with Gasteiger partial charge in [0.05, 0.1) is 12.7 Å². The Morgan fingerprint density at radius 3 is 2.36 bits per heavy atom. The Hall–Kier alpha value is -0.903. The van der Waals surface area contributed by atoms with Crippen LogP contribution in [0.1, 0.15) is 39.2 Å². The molecule has 1 rings (SSSR count). The average Bonchev–Trinajstić information content (AvgIpc) is 2.46. The van der Waals surface area contributed by atoms with Gasteiger partial charge in [0, 0.05) is 6.61 Å². The quantitative estimate of drug-likeness (QED) is 0.337. The summed E-state index contributed by atoms with van der Waals surface area (Å²) >= 11 is 0. The summed E-state index contributed by atoms with van der Waals surface area (Å²) in [5.74, 6) is 0. The molecule has 1 aromatic rings. The Morgan fingerprint density at radius 1 is 1.18 bits per heavy atom. The van der Waals surface area contributed by atoms with Crippen molar-refractivity contribution in [3.8, 4) is 0 Å². The van der Waals surface area contributed by atoms with Gasteiger partial charge in [-0.05, 0) is 36.5 Å². The second kappa shape index (κ2) is 8.66. The van der Waals surface area contributed by atoms with E-state index in [1.807, 2.05) is 24.3 Å². The lowest BCUT2D eigenvalue weighted by Gasteiger charge is -2.36. The molecule has 0 amide bonds. The first-order valence-electron chi connectivity index (χ1n) is 8.18. The molecule has 0 spiro atoms. The average molecular weight is 321 g/mol. The van der Waals surface area contributed by atoms with E-state index in [2.05, 4.69) is 52.6 Å². The Balaban J connectivity index is 2.28. The van der Waals surface area contributed by atoms with Crippen LogP contribution in [0.4, 0.5) is 0 Å². The molecule has 22 heavy (non-hydrogen) atoms. The SMILES string of the molecule is C=CC(CCCO[Si](C)(C)C(C)(C)C)OCc1ccccc1. The van der Waals surface area contributed by atoms with E-state index in [-0.39, 0.29) is 11.1 Å². The molecule has 1 atom stereocenters. The largest absolute Gasteiger partial charge is 0.417 e. The summed E-state index contributed by atoms with van der Waals surface area (Å²) in [6, 6.07) is 10.3. The smallest absolute Gasteiger partial charge is 0.191 e. The normalized spacial score (nSPS) is 13.9. The van der Waals surface area contributed by atoms with Crippen LogP contribution in [0.5, 0.6) is 0 Å². The molecule has 124 valence electrons. The number of rotatable bonds is 9. The summed E-state index contributed by atoms with van der Waals surface area (Å²) in [4.78, 5) is 0. The van der Waals surface area contributed by atoms with E-state index >= 15 is 0 Å². The van der Waals surface area contributed by atoms with Gasteiger partial charge in [-0.2, -0.15) is 0 Å². The van der Waals surface area contributed by atoms with Gasteiger partial charge in [-0.1, -0.05) is 57.2 Å². The fraction of sp³-hybridized carbons (Fsp3) is 0.579. The minimum absolute atomic E-state index is 0.100. The first-order chi connectivity index (χ1) is 10.3. The number of hydrogen-bond donors (Lipinski definition) is 0. The molecule has 0 saturated carbocycles. The topological polar surface area (TPSA) is 18.5 Å². The standard InChI is InChI=1S/C19H32O2Si/c1-7-18(20-16-17-12-9-8-10-13-17)14-11-15-21-22(5,6)19(2,3)4/h7-10,12-13,18H,1,11,14-16H2,2-6H3. The highest BCUT2D eigenvalue weighted by molar-refractivity contribution is 6.74. The molecule has 0 aliphatic carbocycles. The van der Waals surface area contributed by atoms with Crippen LogP contribution in [-0.2, 0) is 15.8 Å². The van der Waals surface area contributed by atoms with Crippen LogP contribution in [0.2, 0.25) is 18.1 Å².